The van der Waals surface area contributed by atoms with Gasteiger partial charge in [-0.3, -0.25) is 0 Å². The summed E-state index contributed by atoms with van der Waals surface area (Å²) in [5.41, 5.74) is 0. The third-order valence-corrected chi connectivity index (χ3v) is 3.82. The minimum atomic E-state index is -0.979. The Kier molecular flexibility index (Phi) is 4.49. The minimum absolute atomic E-state index is 0.0354. The molecule has 20 heavy (non-hydrogen) atoms. The molecule has 114 valence electrons. The number of rotatable bonds is 2. The Bertz CT molecular complexity index is 379. The highest BCUT2D eigenvalue weighted by Gasteiger charge is 2.42. The molecule has 7 nitrogen and oxygen atoms in total. The number of urea groups is 1. The van der Waals surface area contributed by atoms with E-state index in [1.165, 1.54) is 12.0 Å². The van der Waals surface area contributed by atoms with Crippen molar-refractivity contribution in [2.75, 3.05) is 26.7 Å². The fourth-order valence-electron chi connectivity index (χ4n) is 2.93. The van der Waals surface area contributed by atoms with Gasteiger partial charge in [-0.25, -0.2) is 9.59 Å². The summed E-state index contributed by atoms with van der Waals surface area (Å²) in [6.45, 7) is 5.12. The van der Waals surface area contributed by atoms with Gasteiger partial charge in [0.25, 0.3) is 0 Å². The molecule has 1 N–H and O–H groups in total. The average molecular weight is 286 g/mol. The topological polar surface area (TPSA) is 79.3 Å². The van der Waals surface area contributed by atoms with Crippen LogP contribution in [0.3, 0.4) is 0 Å². The molecule has 2 aliphatic heterocycles. The van der Waals surface area contributed by atoms with Gasteiger partial charge in [-0.1, -0.05) is 0 Å². The Balaban J connectivity index is 2.08. The third-order valence-electron chi connectivity index (χ3n) is 3.82. The van der Waals surface area contributed by atoms with Crippen LogP contribution in [0.25, 0.3) is 0 Å². The second kappa shape index (κ2) is 5.97. The SMILES string of the molecule is COC1CC(C(=O)O)N(C(=O)N2CC(C)OC(C)C2)C1. The molecular formula is C13H22N2O5. The number of likely N-dealkylation sites (tertiary alicyclic amines) is 1. The quantitative estimate of drug-likeness (QED) is 0.794. The normalized spacial score (nSPS) is 34.4. The van der Waals surface area contributed by atoms with Crippen molar-refractivity contribution in [3.05, 3.63) is 0 Å². The number of amides is 2. The van der Waals surface area contributed by atoms with Crippen LogP contribution in [0.2, 0.25) is 0 Å². The molecule has 0 aromatic carbocycles. The summed E-state index contributed by atoms with van der Waals surface area (Å²) in [5, 5.41) is 9.26. The maximum atomic E-state index is 12.5. The van der Waals surface area contributed by atoms with Crippen molar-refractivity contribution < 1.29 is 24.2 Å². The lowest BCUT2D eigenvalue weighted by molar-refractivity contribution is -0.141. The maximum Gasteiger partial charge on any atom is 0.326 e. The number of hydrogen-bond donors (Lipinski definition) is 1. The lowest BCUT2D eigenvalue weighted by atomic mass is 10.2. The Morgan fingerprint density at radius 3 is 2.30 bits per heavy atom. The summed E-state index contributed by atoms with van der Waals surface area (Å²) in [6, 6.07) is -1.04. The fourth-order valence-corrected chi connectivity index (χ4v) is 2.93. The van der Waals surface area contributed by atoms with Crippen LogP contribution in [0.1, 0.15) is 20.3 Å². The van der Waals surface area contributed by atoms with Crippen molar-refractivity contribution in [1.29, 1.82) is 0 Å². The molecule has 0 spiro atoms. The molecule has 0 saturated carbocycles. The Morgan fingerprint density at radius 2 is 1.80 bits per heavy atom. The van der Waals surface area contributed by atoms with E-state index in [4.69, 9.17) is 9.47 Å². The Labute approximate surface area is 118 Å². The van der Waals surface area contributed by atoms with Crippen molar-refractivity contribution in [1.82, 2.24) is 9.80 Å². The van der Waals surface area contributed by atoms with E-state index in [0.717, 1.165) is 0 Å². The summed E-state index contributed by atoms with van der Waals surface area (Å²) in [7, 11) is 1.54. The van der Waals surface area contributed by atoms with Crippen LogP contribution in [0.4, 0.5) is 4.79 Å². The molecular weight excluding hydrogens is 264 g/mol. The molecule has 2 amide bonds. The second-order valence-electron chi connectivity index (χ2n) is 5.54. The van der Waals surface area contributed by atoms with E-state index in [1.54, 1.807) is 4.90 Å². The lowest BCUT2D eigenvalue weighted by Gasteiger charge is -2.38. The predicted molar refractivity (Wildman–Crippen MR) is 70.5 cm³/mol. The molecule has 0 aromatic heterocycles. The monoisotopic (exact) mass is 286 g/mol. The summed E-state index contributed by atoms with van der Waals surface area (Å²) < 4.78 is 10.8. The molecule has 0 bridgehead atoms. The molecule has 2 aliphatic rings. The van der Waals surface area contributed by atoms with Crippen molar-refractivity contribution in [3.63, 3.8) is 0 Å². The number of nitrogens with zero attached hydrogens (tertiary/aromatic N) is 2. The number of carboxylic acid groups (broad SMARTS) is 1. The van der Waals surface area contributed by atoms with E-state index in [2.05, 4.69) is 0 Å². The first-order valence-electron chi connectivity index (χ1n) is 6.89. The number of hydrogen-bond acceptors (Lipinski definition) is 4. The molecule has 2 saturated heterocycles. The largest absolute Gasteiger partial charge is 0.480 e. The van der Waals surface area contributed by atoms with Crippen LogP contribution in [0.15, 0.2) is 0 Å². The molecule has 0 aromatic rings. The Hall–Kier alpha value is -1.34. The van der Waals surface area contributed by atoms with Crippen LogP contribution < -0.4 is 0 Å². The Morgan fingerprint density at radius 1 is 1.20 bits per heavy atom. The van der Waals surface area contributed by atoms with Crippen LogP contribution in [-0.2, 0) is 14.3 Å². The van der Waals surface area contributed by atoms with Gasteiger partial charge in [0.1, 0.15) is 6.04 Å². The van der Waals surface area contributed by atoms with Crippen LogP contribution in [0, 0.1) is 0 Å². The minimum Gasteiger partial charge on any atom is -0.480 e. The third kappa shape index (κ3) is 3.04. The van der Waals surface area contributed by atoms with Crippen molar-refractivity contribution in [2.45, 2.75) is 44.6 Å². The molecule has 4 atom stereocenters. The first kappa shape index (κ1) is 15.1. The van der Waals surface area contributed by atoms with Gasteiger partial charge in [0.15, 0.2) is 0 Å². The molecule has 7 heteroatoms. The molecule has 2 heterocycles. The summed E-state index contributed by atoms with van der Waals surface area (Å²) >= 11 is 0. The van der Waals surface area contributed by atoms with Crippen LogP contribution in [-0.4, -0.2) is 78.0 Å². The van der Waals surface area contributed by atoms with E-state index < -0.39 is 12.0 Å². The predicted octanol–water partition coefficient (Wildman–Crippen LogP) is 0.390. The zero-order chi connectivity index (χ0) is 14.9. The van der Waals surface area contributed by atoms with Gasteiger partial charge in [0.05, 0.1) is 18.3 Å². The van der Waals surface area contributed by atoms with E-state index in [-0.39, 0.29) is 24.3 Å². The second-order valence-corrected chi connectivity index (χ2v) is 5.54. The molecule has 0 radical (unpaired) electrons. The summed E-state index contributed by atoms with van der Waals surface area (Å²) in [6.07, 6.45) is 0.0575. The number of aliphatic carboxylic acids is 1. The number of methoxy groups -OCH3 is 1. The smallest absolute Gasteiger partial charge is 0.326 e. The zero-order valence-electron chi connectivity index (χ0n) is 12.1. The van der Waals surface area contributed by atoms with Crippen molar-refractivity contribution >= 4 is 12.0 Å². The molecule has 2 fully saturated rings. The first-order chi connectivity index (χ1) is 9.42. The maximum absolute atomic E-state index is 12.5. The number of carbonyl (C=O) groups is 2. The summed E-state index contributed by atoms with van der Waals surface area (Å²) in [5.74, 6) is -0.979. The van der Waals surface area contributed by atoms with Crippen molar-refractivity contribution in [2.24, 2.45) is 0 Å². The fraction of sp³-hybridized carbons (Fsp3) is 0.846. The van der Waals surface area contributed by atoms with E-state index in [0.29, 0.717) is 26.1 Å². The summed E-state index contributed by atoms with van der Waals surface area (Å²) in [4.78, 5) is 26.9. The van der Waals surface area contributed by atoms with E-state index in [9.17, 15) is 14.7 Å². The highest BCUT2D eigenvalue weighted by Crippen LogP contribution is 2.23. The highest BCUT2D eigenvalue weighted by atomic mass is 16.5. The van der Waals surface area contributed by atoms with Crippen molar-refractivity contribution in [3.8, 4) is 0 Å². The van der Waals surface area contributed by atoms with Crippen LogP contribution in [0.5, 0.6) is 0 Å². The standard InChI is InChI=1S/C13H22N2O5/c1-8-5-14(6-9(2)20-8)13(18)15-7-10(19-3)4-11(15)12(16)17/h8-11H,4-7H2,1-3H3,(H,16,17). The van der Waals surface area contributed by atoms with Gasteiger partial charge in [-0.05, 0) is 13.8 Å². The molecule has 2 rings (SSSR count). The van der Waals surface area contributed by atoms with Crippen LogP contribution >= 0.6 is 0 Å². The van der Waals surface area contributed by atoms with Gasteiger partial charge < -0.3 is 24.4 Å². The zero-order valence-corrected chi connectivity index (χ0v) is 12.1. The average Bonchev–Trinajstić information content (AvgIpc) is 2.81. The number of carbonyl (C=O) groups excluding carboxylic acids is 1. The number of morpholine rings is 1. The van der Waals surface area contributed by atoms with Gasteiger partial charge >= 0.3 is 12.0 Å². The van der Waals surface area contributed by atoms with Gasteiger partial charge in [0, 0.05) is 33.2 Å². The first-order valence-corrected chi connectivity index (χ1v) is 6.89. The van der Waals surface area contributed by atoms with E-state index in [1.807, 2.05) is 13.8 Å². The van der Waals surface area contributed by atoms with Gasteiger partial charge in [-0.15, -0.1) is 0 Å². The number of carboxylic acids is 1. The van der Waals surface area contributed by atoms with Gasteiger partial charge in [0.2, 0.25) is 0 Å². The number of ether oxygens (including phenoxy) is 2. The lowest BCUT2D eigenvalue weighted by Crippen LogP contribution is -2.54. The van der Waals surface area contributed by atoms with E-state index >= 15 is 0 Å². The molecule has 4 unspecified atom stereocenters. The van der Waals surface area contributed by atoms with Gasteiger partial charge in [-0.2, -0.15) is 0 Å². The highest BCUT2D eigenvalue weighted by molar-refractivity contribution is 5.83. The molecule has 0 aliphatic carbocycles.